The SMILES string of the molecule is CCCCCNS(=O)(=O)c1ccc(OC)c(NC(=O)c2ccc(Cl)cc2)c1. The van der Waals surface area contributed by atoms with Crippen LogP contribution in [-0.2, 0) is 10.0 Å². The number of hydrogen-bond donors (Lipinski definition) is 2. The van der Waals surface area contributed by atoms with E-state index in [0.29, 0.717) is 22.9 Å². The summed E-state index contributed by atoms with van der Waals surface area (Å²) in [7, 11) is -2.22. The minimum atomic E-state index is -3.67. The zero-order valence-electron chi connectivity index (χ0n) is 15.3. The van der Waals surface area contributed by atoms with Gasteiger partial charge in [0.2, 0.25) is 10.0 Å². The summed E-state index contributed by atoms with van der Waals surface area (Å²) in [4.78, 5) is 12.5. The third-order valence-corrected chi connectivity index (χ3v) is 5.62. The second-order valence-electron chi connectivity index (χ2n) is 5.93. The van der Waals surface area contributed by atoms with Crippen molar-refractivity contribution in [3.05, 3.63) is 53.1 Å². The number of sulfonamides is 1. The first-order valence-corrected chi connectivity index (χ1v) is 10.5. The summed E-state index contributed by atoms with van der Waals surface area (Å²) in [5, 5.41) is 3.21. The Balaban J connectivity index is 2.21. The molecule has 0 aliphatic rings. The molecule has 8 heteroatoms. The number of unbranched alkanes of at least 4 members (excludes halogenated alkanes) is 2. The van der Waals surface area contributed by atoms with Gasteiger partial charge in [-0.05, 0) is 48.9 Å². The van der Waals surface area contributed by atoms with Crippen molar-refractivity contribution in [1.82, 2.24) is 4.72 Å². The maximum atomic E-state index is 12.5. The average Bonchev–Trinajstić information content (AvgIpc) is 2.65. The van der Waals surface area contributed by atoms with Crippen LogP contribution in [0.5, 0.6) is 5.75 Å². The van der Waals surface area contributed by atoms with Crippen molar-refractivity contribution >= 4 is 33.2 Å². The predicted octanol–water partition coefficient (Wildman–Crippen LogP) is 4.07. The minimum absolute atomic E-state index is 0.0613. The molecule has 146 valence electrons. The van der Waals surface area contributed by atoms with Crippen LogP contribution in [0.2, 0.25) is 5.02 Å². The fraction of sp³-hybridized carbons (Fsp3) is 0.316. The normalized spacial score (nSPS) is 11.2. The number of benzene rings is 2. The van der Waals surface area contributed by atoms with E-state index in [2.05, 4.69) is 10.0 Å². The average molecular weight is 411 g/mol. The van der Waals surface area contributed by atoms with Gasteiger partial charge < -0.3 is 10.1 Å². The van der Waals surface area contributed by atoms with Crippen molar-refractivity contribution in [3.8, 4) is 5.75 Å². The Bertz CT molecular complexity index is 883. The largest absolute Gasteiger partial charge is 0.495 e. The van der Waals surface area contributed by atoms with E-state index in [9.17, 15) is 13.2 Å². The minimum Gasteiger partial charge on any atom is -0.495 e. The fourth-order valence-electron chi connectivity index (χ4n) is 2.41. The van der Waals surface area contributed by atoms with Crippen molar-refractivity contribution in [2.75, 3.05) is 19.0 Å². The molecular formula is C19H23ClN2O4S. The fourth-order valence-corrected chi connectivity index (χ4v) is 3.64. The van der Waals surface area contributed by atoms with Gasteiger partial charge in [-0.2, -0.15) is 0 Å². The molecule has 0 aliphatic carbocycles. The summed E-state index contributed by atoms with van der Waals surface area (Å²) >= 11 is 5.83. The van der Waals surface area contributed by atoms with Crippen LogP contribution in [0, 0.1) is 0 Å². The Hall–Kier alpha value is -2.09. The highest BCUT2D eigenvalue weighted by Gasteiger charge is 2.17. The summed E-state index contributed by atoms with van der Waals surface area (Å²) in [6.45, 7) is 2.42. The maximum absolute atomic E-state index is 12.5. The molecule has 0 radical (unpaired) electrons. The molecule has 6 nitrogen and oxygen atoms in total. The molecule has 0 atom stereocenters. The smallest absolute Gasteiger partial charge is 0.255 e. The van der Waals surface area contributed by atoms with Crippen LogP contribution < -0.4 is 14.8 Å². The Morgan fingerprint density at radius 2 is 1.81 bits per heavy atom. The van der Waals surface area contributed by atoms with Gasteiger partial charge in [0.05, 0.1) is 17.7 Å². The lowest BCUT2D eigenvalue weighted by Gasteiger charge is -2.13. The van der Waals surface area contributed by atoms with E-state index < -0.39 is 15.9 Å². The molecule has 0 heterocycles. The molecule has 2 N–H and O–H groups in total. The van der Waals surface area contributed by atoms with Gasteiger partial charge in [-0.1, -0.05) is 31.4 Å². The molecule has 0 saturated carbocycles. The van der Waals surface area contributed by atoms with Gasteiger partial charge in [-0.25, -0.2) is 13.1 Å². The van der Waals surface area contributed by atoms with Gasteiger partial charge in [-0.15, -0.1) is 0 Å². The van der Waals surface area contributed by atoms with E-state index in [0.717, 1.165) is 19.3 Å². The van der Waals surface area contributed by atoms with E-state index in [1.54, 1.807) is 24.3 Å². The maximum Gasteiger partial charge on any atom is 0.255 e. The summed E-state index contributed by atoms with van der Waals surface area (Å²) in [6, 6.07) is 10.7. The summed E-state index contributed by atoms with van der Waals surface area (Å²) in [6.07, 6.45) is 2.73. The number of carbonyl (C=O) groups excluding carboxylic acids is 1. The molecule has 2 aromatic carbocycles. The van der Waals surface area contributed by atoms with Gasteiger partial charge in [0.1, 0.15) is 5.75 Å². The van der Waals surface area contributed by atoms with E-state index in [1.807, 2.05) is 6.92 Å². The molecule has 0 saturated heterocycles. The molecule has 27 heavy (non-hydrogen) atoms. The lowest BCUT2D eigenvalue weighted by molar-refractivity contribution is 0.102. The number of hydrogen-bond acceptors (Lipinski definition) is 4. The highest BCUT2D eigenvalue weighted by Crippen LogP contribution is 2.28. The molecule has 0 aromatic heterocycles. The first-order valence-electron chi connectivity index (χ1n) is 8.62. The molecular weight excluding hydrogens is 388 g/mol. The molecule has 0 bridgehead atoms. The second-order valence-corrected chi connectivity index (χ2v) is 8.13. The Kier molecular flexibility index (Phi) is 7.65. The Labute approximate surface area is 164 Å². The number of amides is 1. The van der Waals surface area contributed by atoms with Crippen LogP contribution >= 0.6 is 11.6 Å². The topological polar surface area (TPSA) is 84.5 Å². The number of methoxy groups -OCH3 is 1. The zero-order valence-corrected chi connectivity index (χ0v) is 16.9. The first-order chi connectivity index (χ1) is 12.9. The van der Waals surface area contributed by atoms with E-state index in [1.165, 1.54) is 25.3 Å². The standard InChI is InChI=1S/C19H23ClN2O4S/c1-3-4-5-12-21-27(24,25)16-10-11-18(26-2)17(13-16)22-19(23)14-6-8-15(20)9-7-14/h6-11,13,21H,3-5,12H2,1-2H3,(H,22,23). The van der Waals surface area contributed by atoms with Crippen molar-refractivity contribution in [2.24, 2.45) is 0 Å². The molecule has 2 rings (SSSR count). The third-order valence-electron chi connectivity index (χ3n) is 3.91. The predicted molar refractivity (Wildman–Crippen MR) is 107 cm³/mol. The lowest BCUT2D eigenvalue weighted by atomic mass is 10.2. The van der Waals surface area contributed by atoms with Crippen molar-refractivity contribution in [1.29, 1.82) is 0 Å². The van der Waals surface area contributed by atoms with Crippen LogP contribution in [0.15, 0.2) is 47.4 Å². The van der Waals surface area contributed by atoms with Gasteiger partial charge in [0, 0.05) is 17.1 Å². The Morgan fingerprint density at radius 1 is 1.11 bits per heavy atom. The summed E-state index contributed by atoms with van der Waals surface area (Å²) in [5.41, 5.74) is 0.668. The molecule has 0 aliphatic heterocycles. The van der Waals surface area contributed by atoms with Gasteiger partial charge >= 0.3 is 0 Å². The molecule has 1 amide bonds. The lowest BCUT2D eigenvalue weighted by Crippen LogP contribution is -2.25. The van der Waals surface area contributed by atoms with Crippen LogP contribution in [0.25, 0.3) is 0 Å². The zero-order chi connectivity index (χ0) is 19.9. The third kappa shape index (κ3) is 5.95. The second kappa shape index (κ2) is 9.73. The number of rotatable bonds is 9. The quantitative estimate of drug-likeness (QED) is 0.610. The number of halogens is 1. The van der Waals surface area contributed by atoms with Crippen molar-refractivity contribution in [3.63, 3.8) is 0 Å². The van der Waals surface area contributed by atoms with E-state index >= 15 is 0 Å². The molecule has 0 unspecified atom stereocenters. The van der Waals surface area contributed by atoms with Gasteiger partial charge in [0.15, 0.2) is 0 Å². The van der Waals surface area contributed by atoms with Crippen molar-refractivity contribution in [2.45, 2.75) is 31.1 Å². The molecule has 2 aromatic rings. The number of ether oxygens (including phenoxy) is 1. The first kappa shape index (κ1) is 21.2. The monoisotopic (exact) mass is 410 g/mol. The highest BCUT2D eigenvalue weighted by atomic mass is 35.5. The van der Waals surface area contributed by atoms with E-state index in [-0.39, 0.29) is 10.6 Å². The van der Waals surface area contributed by atoms with Crippen LogP contribution in [0.3, 0.4) is 0 Å². The van der Waals surface area contributed by atoms with Gasteiger partial charge in [0.25, 0.3) is 5.91 Å². The number of carbonyl (C=O) groups is 1. The van der Waals surface area contributed by atoms with E-state index in [4.69, 9.17) is 16.3 Å². The number of anilines is 1. The van der Waals surface area contributed by atoms with Crippen LogP contribution in [-0.4, -0.2) is 28.0 Å². The Morgan fingerprint density at radius 3 is 2.44 bits per heavy atom. The van der Waals surface area contributed by atoms with Crippen molar-refractivity contribution < 1.29 is 17.9 Å². The molecule has 0 spiro atoms. The van der Waals surface area contributed by atoms with Crippen LogP contribution in [0.1, 0.15) is 36.5 Å². The summed E-state index contributed by atoms with van der Waals surface area (Å²) < 4.78 is 32.7. The van der Waals surface area contributed by atoms with Gasteiger partial charge in [-0.3, -0.25) is 4.79 Å². The molecule has 0 fully saturated rings. The van der Waals surface area contributed by atoms with Crippen LogP contribution in [0.4, 0.5) is 5.69 Å². The summed E-state index contributed by atoms with van der Waals surface area (Å²) in [5.74, 6) is -0.0299. The number of nitrogens with one attached hydrogen (secondary N) is 2. The highest BCUT2D eigenvalue weighted by molar-refractivity contribution is 7.89.